The Balaban J connectivity index is 0.00000301. The molecular formula is C32H48N4O5S. The molecule has 10 heteroatoms. The van der Waals surface area contributed by atoms with Crippen LogP contribution in [0.4, 0.5) is 0 Å². The SMILES string of the molecule is C/C=C\C1=C(C2=CCCC[C@@H]2C)N(C(=O)CNC(=S)OC(C)(C)C)[C@H](C(=O)NC(CC2CCC2)C(=O)C(N)=O)C1.C=C. The van der Waals surface area contributed by atoms with Gasteiger partial charge in [-0.15, -0.1) is 13.2 Å². The molecule has 3 rings (SSSR count). The summed E-state index contributed by atoms with van der Waals surface area (Å²) in [4.78, 5) is 53.6. The number of hydrogen-bond donors (Lipinski definition) is 3. The van der Waals surface area contributed by atoms with Crippen LogP contribution in [-0.4, -0.2) is 57.8 Å². The smallest absolute Gasteiger partial charge is 0.287 e. The molecule has 1 saturated carbocycles. The fourth-order valence-corrected chi connectivity index (χ4v) is 5.86. The highest BCUT2D eigenvalue weighted by atomic mass is 32.1. The van der Waals surface area contributed by atoms with E-state index in [9.17, 15) is 19.2 Å². The molecule has 0 aromatic heterocycles. The lowest BCUT2D eigenvalue weighted by atomic mass is 9.80. The van der Waals surface area contributed by atoms with Crippen LogP contribution in [0.1, 0.15) is 86.0 Å². The number of thiocarbonyl (C=S) groups is 1. The molecule has 42 heavy (non-hydrogen) atoms. The summed E-state index contributed by atoms with van der Waals surface area (Å²) in [7, 11) is 0. The second-order valence-corrected chi connectivity index (χ2v) is 12.4. The number of nitrogens with one attached hydrogen (secondary N) is 2. The third-order valence-corrected chi connectivity index (χ3v) is 7.90. The summed E-state index contributed by atoms with van der Waals surface area (Å²) in [6, 6.07) is -1.91. The van der Waals surface area contributed by atoms with Gasteiger partial charge in [-0.1, -0.05) is 44.4 Å². The first-order valence-corrected chi connectivity index (χ1v) is 15.2. The molecule has 1 unspecified atom stereocenters. The van der Waals surface area contributed by atoms with Gasteiger partial charge in [0.15, 0.2) is 0 Å². The second kappa shape index (κ2) is 15.8. The van der Waals surface area contributed by atoms with E-state index in [1.807, 2.05) is 39.8 Å². The molecule has 0 spiro atoms. The summed E-state index contributed by atoms with van der Waals surface area (Å²) < 4.78 is 5.65. The first-order chi connectivity index (χ1) is 19.8. The van der Waals surface area contributed by atoms with Crippen molar-refractivity contribution >= 4 is 40.9 Å². The number of hydrogen-bond acceptors (Lipinski definition) is 6. The first-order valence-electron chi connectivity index (χ1n) is 14.8. The molecule has 3 aliphatic rings. The van der Waals surface area contributed by atoms with Crippen LogP contribution in [-0.2, 0) is 23.9 Å². The molecule has 0 aromatic carbocycles. The Morgan fingerprint density at radius 3 is 2.38 bits per heavy atom. The van der Waals surface area contributed by atoms with E-state index < -0.39 is 35.3 Å². The van der Waals surface area contributed by atoms with Crippen molar-refractivity contribution in [2.75, 3.05) is 6.54 Å². The lowest BCUT2D eigenvalue weighted by Gasteiger charge is -2.33. The molecule has 3 atom stereocenters. The van der Waals surface area contributed by atoms with E-state index >= 15 is 0 Å². The monoisotopic (exact) mass is 600 g/mol. The van der Waals surface area contributed by atoms with Crippen molar-refractivity contribution in [3.63, 3.8) is 0 Å². The molecule has 232 valence electrons. The van der Waals surface area contributed by atoms with Crippen molar-refractivity contribution in [3.05, 3.63) is 48.2 Å². The zero-order valence-electron chi connectivity index (χ0n) is 25.8. The standard InChI is InChI=1S/C30H44N4O5S.C2H4/c1-6-10-20-16-23(28(38)33-22(26(36)27(31)37)15-19-12-9-13-19)34(25(20)21-14-8-7-11-18(21)2)24(35)17-32-29(40)39-30(3,4)5;1-2/h6,10,14,18-19,22-23H,7-9,11-13,15-17H2,1-5H3,(H2,31,37)(H,32,40)(H,33,38);1-2H2/b10-6-;/t18-,22?,23-;/m0./s1. The third-order valence-electron chi connectivity index (χ3n) is 7.67. The number of Topliss-reactive ketones (excluding diaryl/α,β-unsaturated/α-hetero) is 1. The summed E-state index contributed by atoms with van der Waals surface area (Å²) in [6.45, 7) is 15.4. The Hall–Kier alpha value is -3.27. The number of allylic oxidation sites excluding steroid dienone is 4. The number of nitrogens with zero attached hydrogens (tertiary/aromatic N) is 1. The van der Waals surface area contributed by atoms with Gasteiger partial charge in [0.05, 0.1) is 18.3 Å². The molecular weight excluding hydrogens is 552 g/mol. The van der Waals surface area contributed by atoms with Crippen molar-refractivity contribution in [2.45, 2.75) is 104 Å². The van der Waals surface area contributed by atoms with Gasteiger partial charge in [0.2, 0.25) is 17.6 Å². The maximum absolute atomic E-state index is 13.8. The largest absolute Gasteiger partial charge is 0.465 e. The van der Waals surface area contributed by atoms with E-state index in [1.165, 1.54) is 0 Å². The van der Waals surface area contributed by atoms with E-state index in [2.05, 4.69) is 36.8 Å². The van der Waals surface area contributed by atoms with Gasteiger partial charge in [-0.25, -0.2) is 0 Å². The highest BCUT2D eigenvalue weighted by Crippen LogP contribution is 2.40. The molecule has 1 aliphatic heterocycles. The van der Waals surface area contributed by atoms with Gasteiger partial charge in [-0.2, -0.15) is 0 Å². The van der Waals surface area contributed by atoms with Crippen molar-refractivity contribution in [3.8, 4) is 0 Å². The second-order valence-electron chi connectivity index (χ2n) is 12.0. The fourth-order valence-electron chi connectivity index (χ4n) is 5.54. The van der Waals surface area contributed by atoms with E-state index in [-0.39, 0.29) is 35.9 Å². The zero-order chi connectivity index (χ0) is 31.6. The van der Waals surface area contributed by atoms with Gasteiger partial charge in [0.25, 0.3) is 11.1 Å². The molecule has 4 N–H and O–H groups in total. The summed E-state index contributed by atoms with van der Waals surface area (Å²) in [5, 5.41) is 5.77. The lowest BCUT2D eigenvalue weighted by molar-refractivity contribution is -0.141. The van der Waals surface area contributed by atoms with Crippen LogP contribution in [0.15, 0.2) is 48.2 Å². The van der Waals surface area contributed by atoms with Gasteiger partial charge < -0.3 is 21.1 Å². The van der Waals surface area contributed by atoms with E-state index in [0.717, 1.165) is 55.4 Å². The molecule has 2 aliphatic carbocycles. The fraction of sp³-hybridized carbons (Fsp3) is 0.594. The molecule has 0 aromatic rings. The summed E-state index contributed by atoms with van der Waals surface area (Å²) >= 11 is 5.28. The Morgan fingerprint density at radius 2 is 1.86 bits per heavy atom. The highest BCUT2D eigenvalue weighted by molar-refractivity contribution is 7.80. The van der Waals surface area contributed by atoms with Gasteiger partial charge in [-0.3, -0.25) is 24.1 Å². The first kappa shape index (κ1) is 34.9. The third kappa shape index (κ3) is 9.37. The number of ether oxygens (including phenoxy) is 1. The van der Waals surface area contributed by atoms with E-state index in [0.29, 0.717) is 6.42 Å². The Morgan fingerprint density at radius 1 is 1.19 bits per heavy atom. The van der Waals surface area contributed by atoms with Gasteiger partial charge in [0.1, 0.15) is 11.6 Å². The van der Waals surface area contributed by atoms with Gasteiger partial charge in [-0.05, 0) is 88.6 Å². The highest BCUT2D eigenvalue weighted by Gasteiger charge is 2.43. The van der Waals surface area contributed by atoms with E-state index in [1.54, 1.807) is 4.90 Å². The minimum atomic E-state index is -1.07. The van der Waals surface area contributed by atoms with Crippen LogP contribution in [0.5, 0.6) is 0 Å². The molecule has 1 fully saturated rings. The van der Waals surface area contributed by atoms with Crippen molar-refractivity contribution in [1.82, 2.24) is 15.5 Å². The van der Waals surface area contributed by atoms with Crippen LogP contribution in [0.2, 0.25) is 0 Å². The maximum atomic E-state index is 13.8. The number of amides is 3. The van der Waals surface area contributed by atoms with Crippen molar-refractivity contribution < 1.29 is 23.9 Å². The molecule has 0 saturated heterocycles. The maximum Gasteiger partial charge on any atom is 0.287 e. The number of carbonyl (C=O) groups is 4. The van der Waals surface area contributed by atoms with Crippen LogP contribution < -0.4 is 16.4 Å². The van der Waals surface area contributed by atoms with Gasteiger partial charge >= 0.3 is 0 Å². The molecule has 1 heterocycles. The number of primary amides is 1. The molecule has 9 nitrogen and oxygen atoms in total. The minimum absolute atomic E-state index is 0.0955. The van der Waals surface area contributed by atoms with Crippen LogP contribution >= 0.6 is 12.2 Å². The molecule has 0 radical (unpaired) electrons. The topological polar surface area (TPSA) is 131 Å². The zero-order valence-corrected chi connectivity index (χ0v) is 26.6. The number of rotatable bonds is 10. The minimum Gasteiger partial charge on any atom is -0.465 e. The van der Waals surface area contributed by atoms with Crippen molar-refractivity contribution in [2.24, 2.45) is 17.6 Å². The quantitative estimate of drug-likeness (QED) is 0.193. The van der Waals surface area contributed by atoms with Crippen LogP contribution in [0.25, 0.3) is 0 Å². The predicted octanol–water partition coefficient (Wildman–Crippen LogP) is 4.39. The average molecular weight is 601 g/mol. The Kier molecular flexibility index (Phi) is 13.2. The summed E-state index contributed by atoms with van der Waals surface area (Å²) in [5.74, 6) is -2.25. The normalized spacial score (nSPS) is 21.5. The van der Waals surface area contributed by atoms with Crippen LogP contribution in [0.3, 0.4) is 0 Å². The summed E-state index contributed by atoms with van der Waals surface area (Å²) in [5.41, 5.74) is 7.44. The lowest BCUT2D eigenvalue weighted by Crippen LogP contribution is -2.55. The Bertz CT molecular complexity index is 1130. The Labute approximate surface area is 256 Å². The van der Waals surface area contributed by atoms with E-state index in [4.69, 9.17) is 22.7 Å². The summed E-state index contributed by atoms with van der Waals surface area (Å²) in [6.07, 6.45) is 12.5. The molecule has 3 amide bonds. The van der Waals surface area contributed by atoms with Gasteiger partial charge in [0, 0.05) is 6.42 Å². The average Bonchev–Trinajstić information content (AvgIpc) is 3.27. The number of ketones is 1. The van der Waals surface area contributed by atoms with Crippen LogP contribution in [0, 0.1) is 11.8 Å². The number of nitrogens with two attached hydrogens (primary N) is 1. The number of carbonyl (C=O) groups excluding carboxylic acids is 4. The predicted molar refractivity (Wildman–Crippen MR) is 169 cm³/mol. The molecule has 0 bridgehead atoms. The van der Waals surface area contributed by atoms with Crippen molar-refractivity contribution in [1.29, 1.82) is 0 Å².